The third kappa shape index (κ3) is 6.05. The molecule has 3 N–H and O–H groups in total. The molecule has 1 saturated heterocycles. The summed E-state index contributed by atoms with van der Waals surface area (Å²) < 4.78 is 0. The van der Waals surface area contributed by atoms with Crippen LogP contribution in [0, 0.1) is 6.92 Å². The number of carbonyl (C=O) groups is 2. The van der Waals surface area contributed by atoms with E-state index < -0.39 is 0 Å². The van der Waals surface area contributed by atoms with Gasteiger partial charge in [-0.15, -0.1) is 0 Å². The molecule has 0 radical (unpaired) electrons. The van der Waals surface area contributed by atoms with Crippen molar-refractivity contribution in [3.05, 3.63) is 28.8 Å². The third-order valence-electron chi connectivity index (χ3n) is 3.65. The maximum atomic E-state index is 11.9. The van der Waals surface area contributed by atoms with E-state index in [1.54, 1.807) is 12.1 Å². The Morgan fingerprint density at radius 2 is 2.22 bits per heavy atom. The fraction of sp³-hybridized carbons (Fsp3) is 0.500. The first-order valence-corrected chi connectivity index (χ1v) is 9.22. The third-order valence-corrected chi connectivity index (χ3v) is 5.19. The van der Waals surface area contributed by atoms with E-state index in [0.717, 1.165) is 23.6 Å². The molecule has 1 heterocycles. The summed E-state index contributed by atoms with van der Waals surface area (Å²) in [6, 6.07) is 5.62. The molecule has 1 aliphatic heterocycles. The number of rotatable bonds is 6. The summed E-state index contributed by atoms with van der Waals surface area (Å²) in [4.78, 5) is 23.8. The maximum Gasteiger partial charge on any atom is 0.226 e. The number of benzene rings is 1. The lowest BCUT2D eigenvalue weighted by Crippen LogP contribution is -2.41. The second-order valence-electron chi connectivity index (χ2n) is 5.49. The second-order valence-corrected chi connectivity index (χ2v) is 7.05. The van der Waals surface area contributed by atoms with Gasteiger partial charge in [0.2, 0.25) is 11.8 Å². The van der Waals surface area contributed by atoms with Crippen LogP contribution in [0.1, 0.15) is 18.4 Å². The van der Waals surface area contributed by atoms with E-state index in [-0.39, 0.29) is 24.3 Å². The Morgan fingerprint density at radius 3 is 2.96 bits per heavy atom. The van der Waals surface area contributed by atoms with E-state index in [0.29, 0.717) is 23.7 Å². The average molecular weight is 356 g/mol. The summed E-state index contributed by atoms with van der Waals surface area (Å²) in [6.45, 7) is 3.14. The lowest BCUT2D eigenvalue weighted by atomic mass is 10.2. The standard InChI is InChI=1S/C16H22ClN3O2S/c1-11-13(17)3-2-4-14(11)20-15(21)5-6-19-16(22)9-12-10-23-8-7-18-12/h2-4,12,18H,5-10H2,1H3,(H,19,22)(H,20,21). The molecule has 1 fully saturated rings. The van der Waals surface area contributed by atoms with Crippen molar-refractivity contribution in [2.45, 2.75) is 25.8 Å². The second kappa shape index (κ2) is 9.15. The van der Waals surface area contributed by atoms with Crippen molar-refractivity contribution in [2.75, 3.05) is 29.9 Å². The van der Waals surface area contributed by atoms with Gasteiger partial charge >= 0.3 is 0 Å². The summed E-state index contributed by atoms with van der Waals surface area (Å²) in [7, 11) is 0. The van der Waals surface area contributed by atoms with Crippen molar-refractivity contribution in [1.82, 2.24) is 10.6 Å². The van der Waals surface area contributed by atoms with Crippen LogP contribution in [0.4, 0.5) is 5.69 Å². The van der Waals surface area contributed by atoms with E-state index in [2.05, 4.69) is 16.0 Å². The largest absolute Gasteiger partial charge is 0.356 e. The van der Waals surface area contributed by atoms with Crippen molar-refractivity contribution < 1.29 is 9.59 Å². The van der Waals surface area contributed by atoms with Crippen molar-refractivity contribution in [2.24, 2.45) is 0 Å². The van der Waals surface area contributed by atoms with Crippen LogP contribution in [0.3, 0.4) is 0 Å². The molecule has 7 heteroatoms. The number of anilines is 1. The summed E-state index contributed by atoms with van der Waals surface area (Å²) >= 11 is 7.88. The Labute approximate surface area is 145 Å². The van der Waals surface area contributed by atoms with Crippen LogP contribution in [-0.4, -0.2) is 42.5 Å². The van der Waals surface area contributed by atoms with Crippen LogP contribution in [-0.2, 0) is 9.59 Å². The summed E-state index contributed by atoms with van der Waals surface area (Å²) in [5.74, 6) is 1.90. The van der Waals surface area contributed by atoms with Gasteiger partial charge in [0.1, 0.15) is 0 Å². The van der Waals surface area contributed by atoms with E-state index >= 15 is 0 Å². The van der Waals surface area contributed by atoms with E-state index in [1.165, 1.54) is 0 Å². The van der Waals surface area contributed by atoms with Gasteiger partial charge in [-0.3, -0.25) is 9.59 Å². The lowest BCUT2D eigenvalue weighted by molar-refractivity contribution is -0.121. The minimum atomic E-state index is -0.137. The molecule has 0 saturated carbocycles. The predicted molar refractivity (Wildman–Crippen MR) is 96.2 cm³/mol. The Balaban J connectivity index is 1.68. The van der Waals surface area contributed by atoms with E-state index in [4.69, 9.17) is 11.6 Å². The first-order valence-electron chi connectivity index (χ1n) is 7.69. The SMILES string of the molecule is Cc1c(Cl)cccc1NC(=O)CCNC(=O)CC1CSCCN1. The molecule has 1 atom stereocenters. The topological polar surface area (TPSA) is 70.2 Å². The molecule has 1 aromatic rings. The van der Waals surface area contributed by atoms with Crippen molar-refractivity contribution >= 4 is 40.9 Å². The molecule has 1 aromatic carbocycles. The van der Waals surface area contributed by atoms with Crippen LogP contribution in [0.25, 0.3) is 0 Å². The fourth-order valence-corrected chi connectivity index (χ4v) is 3.44. The normalized spacial score (nSPS) is 17.6. The highest BCUT2D eigenvalue weighted by molar-refractivity contribution is 7.99. The van der Waals surface area contributed by atoms with Crippen LogP contribution >= 0.6 is 23.4 Å². The number of halogens is 1. The first-order chi connectivity index (χ1) is 11.1. The van der Waals surface area contributed by atoms with Gasteiger partial charge in [0.15, 0.2) is 0 Å². The molecule has 0 bridgehead atoms. The van der Waals surface area contributed by atoms with Crippen LogP contribution in [0.5, 0.6) is 0 Å². The van der Waals surface area contributed by atoms with Gasteiger partial charge in [0.05, 0.1) is 0 Å². The van der Waals surface area contributed by atoms with E-state index in [1.807, 2.05) is 24.8 Å². The number of carbonyl (C=O) groups excluding carboxylic acids is 2. The Kier molecular flexibility index (Phi) is 7.20. The Bertz CT molecular complexity index is 562. The highest BCUT2D eigenvalue weighted by Gasteiger charge is 2.16. The van der Waals surface area contributed by atoms with Gasteiger partial charge in [-0.05, 0) is 24.6 Å². The van der Waals surface area contributed by atoms with Crippen molar-refractivity contribution in [3.63, 3.8) is 0 Å². The Morgan fingerprint density at radius 1 is 1.39 bits per heavy atom. The minimum Gasteiger partial charge on any atom is -0.356 e. The number of hydrogen-bond acceptors (Lipinski definition) is 4. The van der Waals surface area contributed by atoms with Gasteiger partial charge in [-0.2, -0.15) is 11.8 Å². The van der Waals surface area contributed by atoms with Gasteiger partial charge in [-0.1, -0.05) is 17.7 Å². The monoisotopic (exact) mass is 355 g/mol. The molecule has 0 aliphatic carbocycles. The maximum absolute atomic E-state index is 11.9. The van der Waals surface area contributed by atoms with Crippen LogP contribution in [0.15, 0.2) is 18.2 Å². The lowest BCUT2D eigenvalue weighted by Gasteiger charge is -2.22. The molecule has 1 aliphatic rings. The summed E-state index contributed by atoms with van der Waals surface area (Å²) in [5.41, 5.74) is 1.55. The highest BCUT2D eigenvalue weighted by Crippen LogP contribution is 2.22. The van der Waals surface area contributed by atoms with Crippen LogP contribution < -0.4 is 16.0 Å². The van der Waals surface area contributed by atoms with Gasteiger partial charge in [-0.25, -0.2) is 0 Å². The summed E-state index contributed by atoms with van der Waals surface area (Å²) in [6.07, 6.45) is 0.701. The molecule has 126 valence electrons. The smallest absolute Gasteiger partial charge is 0.226 e. The molecular formula is C16H22ClN3O2S. The molecule has 2 rings (SSSR count). The predicted octanol–water partition coefficient (Wildman–Crippen LogP) is 2.19. The molecular weight excluding hydrogens is 334 g/mol. The number of nitrogens with one attached hydrogen (secondary N) is 3. The zero-order chi connectivity index (χ0) is 16.7. The summed E-state index contributed by atoms with van der Waals surface area (Å²) in [5, 5.41) is 9.55. The minimum absolute atomic E-state index is 0.0169. The Hall–Kier alpha value is -1.24. The first kappa shape index (κ1) is 18.1. The fourth-order valence-electron chi connectivity index (χ4n) is 2.32. The zero-order valence-electron chi connectivity index (χ0n) is 13.2. The quantitative estimate of drug-likeness (QED) is 0.731. The van der Waals surface area contributed by atoms with Gasteiger partial charge in [0, 0.05) is 54.2 Å². The molecule has 0 aromatic heterocycles. The average Bonchev–Trinajstić information content (AvgIpc) is 2.53. The number of amides is 2. The van der Waals surface area contributed by atoms with Crippen molar-refractivity contribution in [1.29, 1.82) is 0 Å². The van der Waals surface area contributed by atoms with Crippen molar-refractivity contribution in [3.8, 4) is 0 Å². The van der Waals surface area contributed by atoms with E-state index in [9.17, 15) is 9.59 Å². The molecule has 5 nitrogen and oxygen atoms in total. The highest BCUT2D eigenvalue weighted by atomic mass is 35.5. The molecule has 1 unspecified atom stereocenters. The number of thioether (sulfide) groups is 1. The zero-order valence-corrected chi connectivity index (χ0v) is 14.7. The molecule has 0 spiro atoms. The van der Waals surface area contributed by atoms with Crippen LogP contribution in [0.2, 0.25) is 5.02 Å². The van der Waals surface area contributed by atoms with Gasteiger partial charge in [0.25, 0.3) is 0 Å². The van der Waals surface area contributed by atoms with Gasteiger partial charge < -0.3 is 16.0 Å². The molecule has 2 amide bonds. The molecule has 23 heavy (non-hydrogen) atoms. The number of hydrogen-bond donors (Lipinski definition) is 3.